The number of hydrogen-bond acceptors (Lipinski definition) is 4. The molecule has 1 fully saturated rings. The van der Waals surface area contributed by atoms with Crippen molar-refractivity contribution in [2.24, 2.45) is 0 Å². The Balaban J connectivity index is 1.57. The average molecular weight is 346 g/mol. The van der Waals surface area contributed by atoms with Crippen molar-refractivity contribution in [1.29, 1.82) is 0 Å². The summed E-state index contributed by atoms with van der Waals surface area (Å²) in [6.45, 7) is 0. The molecule has 0 bridgehead atoms. The van der Waals surface area contributed by atoms with Gasteiger partial charge in [-0.05, 0) is 41.1 Å². The number of ketones is 1. The Hall–Kier alpha value is -2.85. The number of carbonyl (C=O) groups excluding carboxylic acids is 2. The molecular formula is C21H14O3S. The van der Waals surface area contributed by atoms with Crippen LogP contribution in [0, 0.1) is 0 Å². The third-order valence-corrected chi connectivity index (χ3v) is 4.92. The molecule has 122 valence electrons. The molecule has 4 rings (SSSR count). The van der Waals surface area contributed by atoms with Crippen LogP contribution in [-0.4, -0.2) is 10.9 Å². The molecule has 2 heterocycles. The minimum Gasteiger partial charge on any atom is -0.457 e. The van der Waals surface area contributed by atoms with E-state index in [4.69, 9.17) is 4.42 Å². The maximum Gasteiger partial charge on any atom is 0.201 e. The van der Waals surface area contributed by atoms with Crippen molar-refractivity contribution in [2.75, 3.05) is 0 Å². The summed E-state index contributed by atoms with van der Waals surface area (Å²) in [5.74, 6) is 1.17. The number of benzene rings is 2. The zero-order valence-corrected chi connectivity index (χ0v) is 14.1. The monoisotopic (exact) mass is 346 g/mol. The second kappa shape index (κ2) is 6.57. The minimum absolute atomic E-state index is 0.0228. The molecular weight excluding hydrogens is 332 g/mol. The third kappa shape index (κ3) is 3.35. The van der Waals surface area contributed by atoms with Crippen molar-refractivity contribution in [3.05, 3.63) is 77.4 Å². The van der Waals surface area contributed by atoms with Gasteiger partial charge in [-0.15, -0.1) is 0 Å². The molecule has 0 aliphatic carbocycles. The van der Waals surface area contributed by atoms with Crippen molar-refractivity contribution >= 4 is 28.7 Å². The number of hydrogen-bond donors (Lipinski definition) is 0. The van der Waals surface area contributed by atoms with E-state index >= 15 is 0 Å². The normalized spacial score (nSPS) is 15.9. The molecule has 1 aliphatic rings. The second-order valence-corrected chi connectivity index (χ2v) is 6.83. The van der Waals surface area contributed by atoms with Gasteiger partial charge in [-0.1, -0.05) is 54.6 Å². The van der Waals surface area contributed by atoms with Crippen LogP contribution in [0.15, 0.2) is 76.1 Å². The smallest absolute Gasteiger partial charge is 0.201 e. The number of allylic oxidation sites excluding steroid dienone is 1. The van der Waals surface area contributed by atoms with Crippen LogP contribution in [0.1, 0.15) is 12.2 Å². The Kier molecular flexibility index (Phi) is 4.12. The summed E-state index contributed by atoms with van der Waals surface area (Å²) in [5.41, 5.74) is 3.27. The molecule has 0 amide bonds. The summed E-state index contributed by atoms with van der Waals surface area (Å²) >= 11 is 0.986. The van der Waals surface area contributed by atoms with Crippen molar-refractivity contribution < 1.29 is 14.0 Å². The lowest BCUT2D eigenvalue weighted by Gasteiger charge is -2.02. The highest BCUT2D eigenvalue weighted by atomic mass is 32.2. The van der Waals surface area contributed by atoms with Gasteiger partial charge in [0.15, 0.2) is 5.78 Å². The van der Waals surface area contributed by atoms with Crippen LogP contribution in [0.2, 0.25) is 0 Å². The first-order chi connectivity index (χ1) is 12.2. The van der Waals surface area contributed by atoms with Crippen LogP contribution in [-0.2, 0) is 9.59 Å². The van der Waals surface area contributed by atoms with Crippen molar-refractivity contribution in [3.63, 3.8) is 0 Å². The lowest BCUT2D eigenvalue weighted by Crippen LogP contribution is -1.91. The largest absolute Gasteiger partial charge is 0.457 e. The molecule has 25 heavy (non-hydrogen) atoms. The Labute approximate surface area is 149 Å². The van der Waals surface area contributed by atoms with Gasteiger partial charge in [0, 0.05) is 5.56 Å². The van der Waals surface area contributed by atoms with E-state index in [9.17, 15) is 9.59 Å². The van der Waals surface area contributed by atoms with Gasteiger partial charge in [0.2, 0.25) is 5.12 Å². The lowest BCUT2D eigenvalue weighted by atomic mass is 10.0. The summed E-state index contributed by atoms with van der Waals surface area (Å²) in [5, 5.41) is -0.112. The summed E-state index contributed by atoms with van der Waals surface area (Å²) in [7, 11) is 0. The van der Waals surface area contributed by atoms with Gasteiger partial charge in [-0.3, -0.25) is 9.59 Å². The average Bonchev–Trinajstić information content (AvgIpc) is 3.22. The molecule has 2 aromatic carbocycles. The van der Waals surface area contributed by atoms with Gasteiger partial charge in [-0.2, -0.15) is 0 Å². The molecule has 0 spiro atoms. The van der Waals surface area contributed by atoms with E-state index in [0.717, 1.165) is 28.6 Å². The van der Waals surface area contributed by atoms with Gasteiger partial charge in [0.1, 0.15) is 11.5 Å². The van der Waals surface area contributed by atoms with E-state index in [1.165, 1.54) is 5.56 Å². The van der Waals surface area contributed by atoms with Crippen LogP contribution in [0.4, 0.5) is 0 Å². The van der Waals surface area contributed by atoms with Crippen LogP contribution in [0.3, 0.4) is 0 Å². The summed E-state index contributed by atoms with van der Waals surface area (Å²) in [6.07, 6.45) is 1.62. The van der Waals surface area contributed by atoms with Gasteiger partial charge in [0.05, 0.1) is 11.3 Å². The first-order valence-corrected chi connectivity index (χ1v) is 8.72. The Morgan fingerprint density at radius 2 is 1.48 bits per heavy atom. The molecule has 3 nitrogen and oxygen atoms in total. The fraction of sp³-hybridized carbons (Fsp3) is 0.0476. The number of carbonyl (C=O) groups is 2. The predicted molar refractivity (Wildman–Crippen MR) is 99.8 cm³/mol. The Bertz CT molecular complexity index is 966. The lowest BCUT2D eigenvalue weighted by molar-refractivity contribution is -0.119. The summed E-state index contributed by atoms with van der Waals surface area (Å²) in [4.78, 5) is 23.4. The van der Waals surface area contributed by atoms with E-state index < -0.39 is 0 Å². The van der Waals surface area contributed by atoms with Crippen LogP contribution in [0.25, 0.3) is 28.5 Å². The molecule has 0 unspecified atom stereocenters. The molecule has 0 N–H and O–H groups in total. The van der Waals surface area contributed by atoms with E-state index in [1.807, 2.05) is 42.5 Å². The zero-order valence-electron chi connectivity index (χ0n) is 13.3. The molecule has 0 radical (unpaired) electrons. The fourth-order valence-electron chi connectivity index (χ4n) is 2.72. The van der Waals surface area contributed by atoms with E-state index in [2.05, 4.69) is 24.3 Å². The Morgan fingerprint density at radius 3 is 2.16 bits per heavy atom. The number of thioether (sulfide) groups is 1. The zero-order chi connectivity index (χ0) is 17.2. The topological polar surface area (TPSA) is 47.3 Å². The number of furan rings is 1. The summed E-state index contributed by atoms with van der Waals surface area (Å²) in [6, 6.07) is 22.0. The summed E-state index contributed by atoms with van der Waals surface area (Å²) < 4.78 is 5.81. The van der Waals surface area contributed by atoms with Crippen molar-refractivity contribution in [3.8, 4) is 22.5 Å². The molecule has 1 saturated heterocycles. The number of Topliss-reactive ketones (excluding diaryl/α,β-unsaturated/α-hetero) is 1. The molecule has 3 aromatic rings. The SMILES string of the molecule is O=C1CC(=O)/C(=C/c2ccc(-c3ccc(-c4ccccc4)cc3)o2)S1. The second-order valence-electron chi connectivity index (χ2n) is 5.73. The van der Waals surface area contributed by atoms with E-state index in [1.54, 1.807) is 6.08 Å². The predicted octanol–water partition coefficient (Wildman–Crippen LogP) is 5.19. The van der Waals surface area contributed by atoms with Crippen LogP contribution in [0.5, 0.6) is 0 Å². The molecule has 0 atom stereocenters. The van der Waals surface area contributed by atoms with Gasteiger partial charge in [-0.25, -0.2) is 0 Å². The van der Waals surface area contributed by atoms with Gasteiger partial charge in [0.25, 0.3) is 0 Å². The quantitative estimate of drug-likeness (QED) is 0.484. The fourth-order valence-corrected chi connectivity index (χ4v) is 3.53. The van der Waals surface area contributed by atoms with E-state index in [0.29, 0.717) is 10.7 Å². The molecule has 0 saturated carbocycles. The standard InChI is InChI=1S/C21H14O3S/c22-18-13-21(23)25-20(18)12-17-10-11-19(24-17)16-8-6-15(7-9-16)14-4-2-1-3-5-14/h1-12H,13H2/b20-12-. The van der Waals surface area contributed by atoms with E-state index in [-0.39, 0.29) is 17.3 Å². The highest BCUT2D eigenvalue weighted by molar-refractivity contribution is 8.18. The molecule has 1 aliphatic heterocycles. The van der Waals surface area contributed by atoms with Crippen molar-refractivity contribution in [2.45, 2.75) is 6.42 Å². The Morgan fingerprint density at radius 1 is 0.800 bits per heavy atom. The molecule has 1 aromatic heterocycles. The minimum atomic E-state index is -0.139. The van der Waals surface area contributed by atoms with Crippen LogP contribution < -0.4 is 0 Å². The number of rotatable bonds is 3. The van der Waals surface area contributed by atoms with Crippen LogP contribution >= 0.6 is 11.8 Å². The maximum atomic E-state index is 11.7. The first kappa shape index (κ1) is 15.7. The van der Waals surface area contributed by atoms with Gasteiger partial charge < -0.3 is 4.42 Å². The highest BCUT2D eigenvalue weighted by Gasteiger charge is 2.26. The maximum absolute atomic E-state index is 11.7. The van der Waals surface area contributed by atoms with Crippen molar-refractivity contribution in [1.82, 2.24) is 0 Å². The van der Waals surface area contributed by atoms with Gasteiger partial charge >= 0.3 is 0 Å². The molecule has 4 heteroatoms. The third-order valence-electron chi connectivity index (χ3n) is 3.98. The first-order valence-electron chi connectivity index (χ1n) is 7.90. The highest BCUT2D eigenvalue weighted by Crippen LogP contribution is 2.32.